The van der Waals surface area contributed by atoms with Crippen LogP contribution in [0.1, 0.15) is 31.4 Å². The van der Waals surface area contributed by atoms with Crippen LogP contribution < -0.4 is 10.1 Å². The van der Waals surface area contributed by atoms with E-state index < -0.39 is 0 Å². The Kier molecular flexibility index (Phi) is 4.25. The Labute approximate surface area is 115 Å². The van der Waals surface area contributed by atoms with Crippen LogP contribution >= 0.6 is 0 Å². The van der Waals surface area contributed by atoms with Crippen molar-refractivity contribution in [3.63, 3.8) is 0 Å². The van der Waals surface area contributed by atoms with Gasteiger partial charge in [-0.15, -0.1) is 0 Å². The smallest absolute Gasteiger partial charge is 0.145 e. The van der Waals surface area contributed by atoms with Crippen LogP contribution in [0.25, 0.3) is 10.9 Å². The van der Waals surface area contributed by atoms with Crippen molar-refractivity contribution in [2.75, 3.05) is 19.0 Å². The fourth-order valence-corrected chi connectivity index (χ4v) is 2.24. The molecule has 1 aromatic carbocycles. The number of nitrogens with one attached hydrogen (secondary N) is 1. The number of nitrogens with zero attached hydrogens (tertiary/aromatic N) is 1. The molecule has 3 heteroatoms. The fraction of sp³-hybridized carbons (Fsp3) is 0.438. The van der Waals surface area contributed by atoms with Gasteiger partial charge in [0.25, 0.3) is 0 Å². The minimum atomic E-state index is 0.836. The molecule has 0 fully saturated rings. The number of hydrogen-bond acceptors (Lipinski definition) is 3. The fourth-order valence-electron chi connectivity index (χ4n) is 2.24. The molecule has 0 saturated heterocycles. The largest absolute Gasteiger partial charge is 0.494 e. The molecule has 2 rings (SSSR count). The van der Waals surface area contributed by atoms with E-state index in [9.17, 15) is 0 Å². The topological polar surface area (TPSA) is 34.2 Å². The van der Waals surface area contributed by atoms with Crippen molar-refractivity contribution in [3.05, 3.63) is 29.3 Å². The maximum absolute atomic E-state index is 5.43. The van der Waals surface area contributed by atoms with Gasteiger partial charge in [-0.25, -0.2) is 4.98 Å². The summed E-state index contributed by atoms with van der Waals surface area (Å²) in [4.78, 5) is 4.78. The summed E-state index contributed by atoms with van der Waals surface area (Å²) in [6, 6.07) is 6.31. The van der Waals surface area contributed by atoms with E-state index in [1.54, 1.807) is 7.11 Å². The van der Waals surface area contributed by atoms with Crippen LogP contribution in [0.2, 0.25) is 0 Å². The first-order valence-electron chi connectivity index (χ1n) is 6.92. The first-order valence-corrected chi connectivity index (χ1v) is 6.92. The highest BCUT2D eigenvalue weighted by atomic mass is 16.5. The molecule has 0 spiro atoms. The van der Waals surface area contributed by atoms with E-state index in [0.717, 1.165) is 36.5 Å². The zero-order valence-electron chi connectivity index (χ0n) is 12.2. The van der Waals surface area contributed by atoms with E-state index in [2.05, 4.69) is 38.2 Å². The lowest BCUT2D eigenvalue weighted by atomic mass is 10.0. The number of rotatable bonds is 5. The van der Waals surface area contributed by atoms with Gasteiger partial charge < -0.3 is 10.1 Å². The molecule has 19 heavy (non-hydrogen) atoms. The normalized spacial score (nSPS) is 10.7. The predicted molar refractivity (Wildman–Crippen MR) is 81.2 cm³/mol. The molecule has 0 radical (unpaired) electrons. The molecule has 1 aromatic heterocycles. The van der Waals surface area contributed by atoms with E-state index in [-0.39, 0.29) is 0 Å². The SMILES string of the molecule is CCCNc1nc2c(OC)ccc(C)c2cc1CC. The maximum Gasteiger partial charge on any atom is 0.145 e. The Hall–Kier alpha value is -1.77. The highest BCUT2D eigenvalue weighted by Gasteiger charge is 2.10. The highest BCUT2D eigenvalue weighted by Crippen LogP contribution is 2.30. The molecule has 1 heterocycles. The summed E-state index contributed by atoms with van der Waals surface area (Å²) in [5, 5.41) is 4.59. The number of ether oxygens (including phenoxy) is 1. The van der Waals surface area contributed by atoms with Crippen molar-refractivity contribution in [3.8, 4) is 5.75 Å². The first-order chi connectivity index (χ1) is 9.21. The summed E-state index contributed by atoms with van der Waals surface area (Å²) in [7, 11) is 1.69. The first kappa shape index (κ1) is 13.7. The molecule has 0 unspecified atom stereocenters. The Bertz CT molecular complexity index is 578. The molecule has 0 amide bonds. The van der Waals surface area contributed by atoms with E-state index in [0.29, 0.717) is 0 Å². The van der Waals surface area contributed by atoms with Crippen molar-refractivity contribution < 1.29 is 4.74 Å². The average Bonchev–Trinajstić information content (AvgIpc) is 2.44. The van der Waals surface area contributed by atoms with Gasteiger partial charge >= 0.3 is 0 Å². The Morgan fingerprint density at radius 3 is 2.68 bits per heavy atom. The molecule has 0 bridgehead atoms. The molecule has 0 atom stereocenters. The van der Waals surface area contributed by atoms with E-state index in [1.807, 2.05) is 6.07 Å². The number of aryl methyl sites for hydroxylation is 2. The second-order valence-electron chi connectivity index (χ2n) is 4.76. The zero-order chi connectivity index (χ0) is 13.8. The number of aromatic nitrogens is 1. The lowest BCUT2D eigenvalue weighted by molar-refractivity contribution is 0.419. The molecule has 0 aliphatic heterocycles. The minimum absolute atomic E-state index is 0.836. The van der Waals surface area contributed by atoms with Crippen LogP contribution in [0.15, 0.2) is 18.2 Å². The van der Waals surface area contributed by atoms with Gasteiger partial charge in [0.2, 0.25) is 0 Å². The van der Waals surface area contributed by atoms with Gasteiger partial charge in [0.15, 0.2) is 0 Å². The molecule has 1 N–H and O–H groups in total. The molecule has 102 valence electrons. The molecule has 0 saturated carbocycles. The maximum atomic E-state index is 5.43. The Balaban J connectivity index is 2.63. The molecule has 2 aromatic rings. The summed E-state index contributed by atoms with van der Waals surface area (Å²) < 4.78 is 5.43. The summed E-state index contributed by atoms with van der Waals surface area (Å²) in [5.41, 5.74) is 3.44. The quantitative estimate of drug-likeness (QED) is 0.882. The van der Waals surface area contributed by atoms with Crippen molar-refractivity contribution >= 4 is 16.7 Å². The summed E-state index contributed by atoms with van der Waals surface area (Å²) >= 11 is 0. The van der Waals surface area contributed by atoms with Crippen LogP contribution in [-0.4, -0.2) is 18.6 Å². The van der Waals surface area contributed by atoms with Crippen molar-refractivity contribution in [1.82, 2.24) is 4.98 Å². The van der Waals surface area contributed by atoms with Crippen LogP contribution in [0.4, 0.5) is 5.82 Å². The number of methoxy groups -OCH3 is 1. The molecular weight excluding hydrogens is 236 g/mol. The van der Waals surface area contributed by atoms with Gasteiger partial charge in [0.05, 0.1) is 7.11 Å². The number of hydrogen-bond donors (Lipinski definition) is 1. The zero-order valence-corrected chi connectivity index (χ0v) is 12.2. The lowest BCUT2D eigenvalue weighted by Crippen LogP contribution is -2.06. The Morgan fingerprint density at radius 2 is 2.05 bits per heavy atom. The number of benzene rings is 1. The third-order valence-corrected chi connectivity index (χ3v) is 3.39. The van der Waals surface area contributed by atoms with E-state index >= 15 is 0 Å². The molecule has 0 aliphatic rings. The van der Waals surface area contributed by atoms with Crippen molar-refractivity contribution in [2.45, 2.75) is 33.6 Å². The highest BCUT2D eigenvalue weighted by molar-refractivity contribution is 5.89. The number of fused-ring (bicyclic) bond motifs is 1. The second kappa shape index (κ2) is 5.91. The third-order valence-electron chi connectivity index (χ3n) is 3.39. The predicted octanol–water partition coefficient (Wildman–Crippen LogP) is 3.94. The van der Waals surface area contributed by atoms with Crippen LogP contribution in [0.5, 0.6) is 5.75 Å². The third kappa shape index (κ3) is 2.65. The van der Waals surface area contributed by atoms with Crippen molar-refractivity contribution in [1.29, 1.82) is 0 Å². The number of pyridine rings is 1. The van der Waals surface area contributed by atoms with Gasteiger partial charge in [0, 0.05) is 11.9 Å². The average molecular weight is 258 g/mol. The molecule has 3 nitrogen and oxygen atoms in total. The van der Waals surface area contributed by atoms with Crippen molar-refractivity contribution in [2.24, 2.45) is 0 Å². The van der Waals surface area contributed by atoms with Gasteiger partial charge in [0.1, 0.15) is 17.1 Å². The van der Waals surface area contributed by atoms with E-state index in [1.165, 1.54) is 16.5 Å². The second-order valence-corrected chi connectivity index (χ2v) is 4.76. The monoisotopic (exact) mass is 258 g/mol. The minimum Gasteiger partial charge on any atom is -0.494 e. The number of anilines is 1. The van der Waals surface area contributed by atoms with Gasteiger partial charge in [-0.05, 0) is 43.0 Å². The van der Waals surface area contributed by atoms with Gasteiger partial charge in [-0.3, -0.25) is 0 Å². The lowest BCUT2D eigenvalue weighted by Gasteiger charge is -2.14. The van der Waals surface area contributed by atoms with Crippen LogP contribution in [0, 0.1) is 6.92 Å². The summed E-state index contributed by atoms with van der Waals surface area (Å²) in [6.07, 6.45) is 2.07. The van der Waals surface area contributed by atoms with Gasteiger partial charge in [-0.1, -0.05) is 19.9 Å². The van der Waals surface area contributed by atoms with Crippen LogP contribution in [0.3, 0.4) is 0 Å². The molecule has 0 aliphatic carbocycles. The van der Waals surface area contributed by atoms with Crippen LogP contribution in [-0.2, 0) is 6.42 Å². The van der Waals surface area contributed by atoms with E-state index in [4.69, 9.17) is 9.72 Å². The standard InChI is InChI=1S/C16H22N2O/c1-5-9-17-16-12(6-2)10-13-11(3)7-8-14(19-4)15(13)18-16/h7-8,10H,5-6,9H2,1-4H3,(H,17,18). The molecular formula is C16H22N2O. The summed E-state index contributed by atoms with van der Waals surface area (Å²) in [5.74, 6) is 1.82. The Morgan fingerprint density at radius 1 is 1.26 bits per heavy atom. The summed E-state index contributed by atoms with van der Waals surface area (Å²) in [6.45, 7) is 7.38. The van der Waals surface area contributed by atoms with Gasteiger partial charge in [-0.2, -0.15) is 0 Å².